The van der Waals surface area contributed by atoms with Gasteiger partial charge < -0.3 is 9.64 Å². The Morgan fingerprint density at radius 3 is 2.11 bits per heavy atom. The van der Waals surface area contributed by atoms with Crippen molar-refractivity contribution in [1.82, 2.24) is 9.21 Å². The van der Waals surface area contributed by atoms with Crippen LogP contribution in [0.25, 0.3) is 0 Å². The first-order valence-electron chi connectivity index (χ1n) is 12.0. The minimum Gasteiger partial charge on any atom is -0.459 e. The van der Waals surface area contributed by atoms with Crippen LogP contribution in [0.15, 0.2) is 77.7 Å². The molecule has 0 spiro atoms. The van der Waals surface area contributed by atoms with E-state index in [1.54, 1.807) is 24.3 Å². The monoisotopic (exact) mass is 535 g/mol. The highest BCUT2D eigenvalue weighted by molar-refractivity contribution is 7.89. The molecule has 0 bridgehead atoms. The molecule has 3 atom stereocenters. The molecule has 11 heteroatoms. The van der Waals surface area contributed by atoms with E-state index in [0.29, 0.717) is 11.1 Å². The van der Waals surface area contributed by atoms with Crippen molar-refractivity contribution >= 4 is 27.6 Å². The minimum atomic E-state index is -4.10. The van der Waals surface area contributed by atoms with Crippen molar-refractivity contribution in [2.45, 2.75) is 50.0 Å². The van der Waals surface area contributed by atoms with Crippen LogP contribution >= 0.6 is 0 Å². The van der Waals surface area contributed by atoms with Crippen molar-refractivity contribution in [2.75, 3.05) is 0 Å². The summed E-state index contributed by atoms with van der Waals surface area (Å²) in [5, 5.41) is 10.9. The third-order valence-corrected chi connectivity index (χ3v) is 8.81. The number of esters is 1. The highest BCUT2D eigenvalue weighted by Crippen LogP contribution is 2.48. The number of sulfonamides is 1. The number of hydrogen-bond donors (Lipinski definition) is 0. The van der Waals surface area contributed by atoms with Gasteiger partial charge >= 0.3 is 5.97 Å². The molecule has 3 aromatic rings. The zero-order valence-electron chi connectivity index (χ0n) is 20.7. The number of β-lactam (4-membered cyclic amide) rings is 1. The van der Waals surface area contributed by atoms with E-state index in [2.05, 4.69) is 0 Å². The molecule has 2 saturated heterocycles. The number of carbonyl (C=O) groups is 2. The van der Waals surface area contributed by atoms with E-state index in [0.717, 1.165) is 11.1 Å². The van der Waals surface area contributed by atoms with E-state index in [4.69, 9.17) is 4.74 Å². The summed E-state index contributed by atoms with van der Waals surface area (Å²) in [6.07, 6.45) is -0.864. The highest BCUT2D eigenvalue weighted by Gasteiger charge is 2.63. The van der Waals surface area contributed by atoms with Gasteiger partial charge in [-0.1, -0.05) is 47.5 Å². The second kappa shape index (κ2) is 9.66. The van der Waals surface area contributed by atoms with Gasteiger partial charge in [-0.2, -0.15) is 4.31 Å². The lowest BCUT2D eigenvalue weighted by Gasteiger charge is -2.38. The number of nitro benzene ring substituents is 1. The molecule has 0 aromatic heterocycles. The number of fused-ring (bicyclic) bond motifs is 1. The number of nitro groups is 1. The van der Waals surface area contributed by atoms with Crippen LogP contribution < -0.4 is 0 Å². The Kier molecular flexibility index (Phi) is 6.49. The fourth-order valence-corrected chi connectivity index (χ4v) is 6.63. The van der Waals surface area contributed by atoms with E-state index >= 15 is 0 Å². The predicted molar refractivity (Wildman–Crippen MR) is 136 cm³/mol. The molecule has 196 valence electrons. The number of carbonyl (C=O) groups excluding carboxylic acids is 2. The molecule has 0 saturated carbocycles. The van der Waals surface area contributed by atoms with Crippen molar-refractivity contribution < 1.29 is 27.7 Å². The lowest BCUT2D eigenvalue weighted by molar-refractivity contribution is -0.384. The number of amides is 1. The Labute approximate surface area is 219 Å². The molecule has 0 radical (unpaired) electrons. The molecule has 2 aliphatic rings. The van der Waals surface area contributed by atoms with E-state index in [1.165, 1.54) is 45.6 Å². The quantitative estimate of drug-likeness (QED) is 0.196. The Bertz CT molecular complexity index is 1500. The topological polar surface area (TPSA) is 127 Å². The summed E-state index contributed by atoms with van der Waals surface area (Å²) in [5.41, 5.74) is 2.83. The molecule has 10 nitrogen and oxygen atoms in total. The Morgan fingerprint density at radius 1 is 0.974 bits per heavy atom. The van der Waals surface area contributed by atoms with Crippen molar-refractivity contribution in [3.8, 4) is 0 Å². The molecule has 38 heavy (non-hydrogen) atoms. The van der Waals surface area contributed by atoms with Gasteiger partial charge in [-0.05, 0) is 49.2 Å². The lowest BCUT2D eigenvalue weighted by atomic mass is 9.98. The number of hydrogen-bond acceptors (Lipinski definition) is 7. The first kappa shape index (κ1) is 25.6. The van der Waals surface area contributed by atoms with Crippen LogP contribution in [0.1, 0.15) is 34.7 Å². The number of non-ortho nitro benzene ring substituents is 1. The highest BCUT2D eigenvalue weighted by atomic mass is 32.2. The second-order valence-electron chi connectivity index (χ2n) is 9.47. The first-order valence-corrected chi connectivity index (χ1v) is 13.4. The number of benzene rings is 3. The van der Waals surface area contributed by atoms with Gasteiger partial charge in [-0.25, -0.2) is 13.2 Å². The van der Waals surface area contributed by atoms with E-state index < -0.39 is 39.2 Å². The fraction of sp³-hybridized carbons (Fsp3) is 0.259. The lowest BCUT2D eigenvalue weighted by Crippen LogP contribution is -2.58. The van der Waals surface area contributed by atoms with E-state index in [1.807, 2.05) is 26.0 Å². The fourth-order valence-electron chi connectivity index (χ4n) is 4.87. The average molecular weight is 536 g/mol. The molecule has 2 aliphatic heterocycles. The normalized spacial score (nSPS) is 21.1. The number of nitrogens with zero attached hydrogens (tertiary/aromatic N) is 3. The zero-order chi connectivity index (χ0) is 27.2. The number of rotatable bonds is 7. The van der Waals surface area contributed by atoms with E-state index in [9.17, 15) is 28.1 Å². The van der Waals surface area contributed by atoms with Gasteiger partial charge in [-0.15, -0.1) is 0 Å². The summed E-state index contributed by atoms with van der Waals surface area (Å²) in [7, 11) is -4.10. The molecule has 1 amide bonds. The standard InChI is InChI=1S/C27H25N3O7S/c1-17-3-9-20(10-4-17)25-26(27(32)37-16-19-7-11-21(12-8-19)30(33)34)28-23(15-24(28)31)29(25)38(35,36)22-13-5-18(2)6-14-22/h3-14,23,25-26H,15-16H2,1-2H3/t23-,25?,26-/m1/s1. The molecule has 3 aromatic carbocycles. The SMILES string of the molecule is Cc1ccc(C2[C@H](C(=O)OCc3ccc([N+](=O)[O-])cc3)N3C(=O)C[C@H]3N2S(=O)(=O)c2ccc(C)cc2)cc1. The summed E-state index contributed by atoms with van der Waals surface area (Å²) in [4.78, 5) is 37.9. The van der Waals surface area contributed by atoms with Crippen LogP contribution in [-0.4, -0.2) is 46.6 Å². The van der Waals surface area contributed by atoms with Crippen molar-refractivity contribution in [2.24, 2.45) is 0 Å². The molecule has 2 heterocycles. The maximum Gasteiger partial charge on any atom is 0.331 e. The van der Waals surface area contributed by atoms with Gasteiger partial charge in [-0.3, -0.25) is 14.9 Å². The summed E-state index contributed by atoms with van der Waals surface area (Å²) < 4.78 is 34.6. The van der Waals surface area contributed by atoms with Gasteiger partial charge in [0.25, 0.3) is 5.69 Å². The maximum atomic E-state index is 13.9. The summed E-state index contributed by atoms with van der Waals surface area (Å²) in [6, 6.07) is 17.0. The molecule has 1 unspecified atom stereocenters. The second-order valence-corrected chi connectivity index (χ2v) is 11.3. The minimum absolute atomic E-state index is 0.0421. The summed E-state index contributed by atoms with van der Waals surface area (Å²) >= 11 is 0. The van der Waals surface area contributed by atoms with Crippen LogP contribution in [0, 0.1) is 24.0 Å². The average Bonchev–Trinajstić information content (AvgIpc) is 3.18. The van der Waals surface area contributed by atoms with Crippen molar-refractivity contribution in [3.05, 3.63) is 105 Å². The van der Waals surface area contributed by atoms with Crippen LogP contribution in [0.2, 0.25) is 0 Å². The zero-order valence-corrected chi connectivity index (χ0v) is 21.5. The van der Waals surface area contributed by atoms with Gasteiger partial charge in [0.05, 0.1) is 22.3 Å². The predicted octanol–water partition coefficient (Wildman–Crippen LogP) is 3.63. The van der Waals surface area contributed by atoms with Gasteiger partial charge in [0.15, 0.2) is 6.04 Å². The molecule has 2 fully saturated rings. The van der Waals surface area contributed by atoms with Crippen LogP contribution in [0.4, 0.5) is 5.69 Å². The van der Waals surface area contributed by atoms with Crippen LogP contribution in [0.3, 0.4) is 0 Å². The molecular formula is C27H25N3O7S. The molecule has 0 N–H and O–H groups in total. The van der Waals surface area contributed by atoms with Crippen molar-refractivity contribution in [1.29, 1.82) is 0 Å². The van der Waals surface area contributed by atoms with Crippen molar-refractivity contribution in [3.63, 3.8) is 0 Å². The van der Waals surface area contributed by atoms with Gasteiger partial charge in [0, 0.05) is 12.1 Å². The molecule has 0 aliphatic carbocycles. The molecular weight excluding hydrogens is 510 g/mol. The van der Waals surface area contributed by atoms with Crippen LogP contribution in [0.5, 0.6) is 0 Å². The summed E-state index contributed by atoms with van der Waals surface area (Å²) in [5.74, 6) is -1.10. The maximum absolute atomic E-state index is 13.9. The Hall–Kier alpha value is -4.09. The smallest absolute Gasteiger partial charge is 0.331 e. The van der Waals surface area contributed by atoms with Gasteiger partial charge in [0.1, 0.15) is 12.8 Å². The van der Waals surface area contributed by atoms with E-state index in [-0.39, 0.29) is 29.5 Å². The first-order chi connectivity index (χ1) is 18.1. The Morgan fingerprint density at radius 2 is 1.55 bits per heavy atom. The van der Waals surface area contributed by atoms with Crippen LogP contribution in [-0.2, 0) is 31.0 Å². The van der Waals surface area contributed by atoms with Gasteiger partial charge in [0.2, 0.25) is 15.9 Å². The molecule has 5 rings (SSSR count). The summed E-state index contributed by atoms with van der Waals surface area (Å²) in [6.45, 7) is 3.56. The largest absolute Gasteiger partial charge is 0.459 e. The third-order valence-electron chi connectivity index (χ3n) is 6.92. The number of ether oxygens (including phenoxy) is 1. The number of aryl methyl sites for hydroxylation is 2. The third kappa shape index (κ3) is 4.44. The Balaban J connectivity index is 1.51.